The summed E-state index contributed by atoms with van der Waals surface area (Å²) in [7, 11) is -2.48. The quantitative estimate of drug-likeness (QED) is 0.398. The summed E-state index contributed by atoms with van der Waals surface area (Å²) < 4.78 is 36.4. The number of benzene rings is 1. The molecule has 1 N–H and O–H groups in total. The molecule has 0 unspecified atom stereocenters. The molecule has 40 heavy (non-hydrogen) atoms. The highest BCUT2D eigenvalue weighted by Crippen LogP contribution is 2.44. The second-order valence-electron chi connectivity index (χ2n) is 11.0. The van der Waals surface area contributed by atoms with Crippen molar-refractivity contribution in [2.75, 3.05) is 29.5 Å². The van der Waals surface area contributed by atoms with Crippen LogP contribution >= 0.6 is 0 Å². The van der Waals surface area contributed by atoms with E-state index < -0.39 is 15.5 Å². The SMILES string of the molecule is Cc1c(-c2ccc(N3CCS(=N)(=O)CC3)cc2)c([C@@H]2CCCC[C@H]2C(=O)C[C@@H](C)C#N)nn1-c1ncccc1F. The summed E-state index contributed by atoms with van der Waals surface area (Å²) in [5.74, 6) is -0.267. The fourth-order valence-electron chi connectivity index (χ4n) is 6.05. The van der Waals surface area contributed by atoms with E-state index in [1.165, 1.54) is 12.3 Å². The number of hydrogen-bond donors (Lipinski definition) is 1. The maximum absolute atomic E-state index is 14.9. The number of ketones is 1. The van der Waals surface area contributed by atoms with Crippen LogP contribution in [0.15, 0.2) is 42.6 Å². The van der Waals surface area contributed by atoms with E-state index in [1.54, 1.807) is 17.7 Å². The van der Waals surface area contributed by atoms with Gasteiger partial charge in [-0.15, -0.1) is 0 Å². The molecule has 3 atom stereocenters. The molecule has 0 spiro atoms. The minimum absolute atomic E-state index is 0.0901. The first-order valence-electron chi connectivity index (χ1n) is 13.9. The summed E-state index contributed by atoms with van der Waals surface area (Å²) in [6.07, 6.45) is 5.22. The normalized spacial score (nSPS) is 21.5. The molecule has 0 bridgehead atoms. The molecule has 3 aromatic rings. The Labute approximate surface area is 235 Å². The zero-order valence-electron chi connectivity index (χ0n) is 23.0. The van der Waals surface area contributed by atoms with Crippen LogP contribution in [0.4, 0.5) is 10.1 Å². The fourth-order valence-corrected chi connectivity index (χ4v) is 7.28. The number of carbonyl (C=O) groups excluding carboxylic acids is 1. The summed E-state index contributed by atoms with van der Waals surface area (Å²) >= 11 is 0. The summed E-state index contributed by atoms with van der Waals surface area (Å²) in [5.41, 5.74) is 4.31. The molecule has 0 radical (unpaired) electrons. The molecule has 2 fully saturated rings. The number of anilines is 1. The minimum atomic E-state index is -2.48. The predicted octanol–water partition coefficient (Wildman–Crippen LogP) is 5.64. The van der Waals surface area contributed by atoms with Gasteiger partial charge in [-0.05, 0) is 56.5 Å². The first-order valence-corrected chi connectivity index (χ1v) is 15.8. The van der Waals surface area contributed by atoms with Gasteiger partial charge < -0.3 is 4.90 Å². The van der Waals surface area contributed by atoms with Crippen molar-refractivity contribution in [1.82, 2.24) is 14.8 Å². The van der Waals surface area contributed by atoms with Crippen LogP contribution in [-0.2, 0) is 14.5 Å². The van der Waals surface area contributed by atoms with Crippen LogP contribution in [0, 0.1) is 40.7 Å². The molecule has 210 valence electrons. The number of hydrogen-bond acceptors (Lipinski definition) is 7. The molecule has 3 heterocycles. The van der Waals surface area contributed by atoms with Crippen LogP contribution in [0.3, 0.4) is 0 Å². The van der Waals surface area contributed by atoms with Crippen LogP contribution in [-0.4, -0.2) is 49.4 Å². The van der Waals surface area contributed by atoms with Gasteiger partial charge in [0.15, 0.2) is 11.6 Å². The monoisotopic (exact) mass is 562 g/mol. The summed E-state index contributed by atoms with van der Waals surface area (Å²) in [6.45, 7) is 4.84. The van der Waals surface area contributed by atoms with Gasteiger partial charge in [0.25, 0.3) is 0 Å². The Hall–Kier alpha value is -3.58. The van der Waals surface area contributed by atoms with E-state index in [-0.39, 0.29) is 35.8 Å². The van der Waals surface area contributed by atoms with Crippen molar-refractivity contribution in [2.24, 2.45) is 11.8 Å². The Kier molecular flexibility index (Phi) is 8.04. The standard InChI is InChI=1S/C30H35FN6O2S/c1-20(19-32)18-27(38)24-6-3-4-7-25(24)29-28(21(2)37(35-29)30-26(31)8-5-13-34-30)22-9-11-23(12-10-22)36-14-16-40(33,39)17-15-36/h5,8-13,20,24-25,33H,3-4,6-7,14-18H2,1-2H3/t20-,24-,25-/m1/s1. The van der Waals surface area contributed by atoms with E-state index in [0.29, 0.717) is 24.6 Å². The Morgan fingerprint density at radius 3 is 2.58 bits per heavy atom. The van der Waals surface area contributed by atoms with Crippen molar-refractivity contribution in [3.8, 4) is 23.0 Å². The van der Waals surface area contributed by atoms with Gasteiger partial charge in [-0.25, -0.2) is 18.3 Å². The molecule has 0 amide bonds. The van der Waals surface area contributed by atoms with Gasteiger partial charge in [0, 0.05) is 70.0 Å². The van der Waals surface area contributed by atoms with Crippen LogP contribution in [0.2, 0.25) is 0 Å². The summed E-state index contributed by atoms with van der Waals surface area (Å²) in [4.78, 5) is 19.8. The second kappa shape index (κ2) is 11.5. The average molecular weight is 563 g/mol. The number of pyridine rings is 1. The number of carbonyl (C=O) groups is 1. The third-order valence-electron chi connectivity index (χ3n) is 8.24. The highest BCUT2D eigenvalue weighted by Gasteiger charge is 2.37. The van der Waals surface area contributed by atoms with E-state index in [0.717, 1.165) is 53.9 Å². The lowest BCUT2D eigenvalue weighted by Crippen LogP contribution is -2.39. The van der Waals surface area contributed by atoms with Crippen LogP contribution in [0.5, 0.6) is 0 Å². The Morgan fingerprint density at radius 1 is 1.20 bits per heavy atom. The average Bonchev–Trinajstić information content (AvgIpc) is 3.29. The van der Waals surface area contributed by atoms with Crippen LogP contribution in [0.25, 0.3) is 16.9 Å². The molecule has 2 aliphatic rings. The third kappa shape index (κ3) is 5.66. The lowest BCUT2D eigenvalue weighted by Gasteiger charge is -2.31. The highest BCUT2D eigenvalue weighted by molar-refractivity contribution is 7.92. The number of nitrogens with one attached hydrogen (secondary N) is 1. The molecule has 5 rings (SSSR count). The number of aromatic nitrogens is 3. The topological polar surface area (TPSA) is 116 Å². The van der Waals surface area contributed by atoms with Crippen LogP contribution < -0.4 is 4.90 Å². The maximum atomic E-state index is 14.9. The lowest BCUT2D eigenvalue weighted by molar-refractivity contribution is -0.125. The van der Waals surface area contributed by atoms with Crippen molar-refractivity contribution >= 4 is 21.2 Å². The molecule has 1 aliphatic carbocycles. The summed E-state index contributed by atoms with van der Waals surface area (Å²) in [6, 6.07) is 13.2. The minimum Gasteiger partial charge on any atom is -0.370 e. The number of Topliss-reactive ketones (excluding diaryl/α,β-unsaturated/α-hetero) is 1. The fraction of sp³-hybridized carbons (Fsp3) is 0.467. The van der Waals surface area contributed by atoms with E-state index in [9.17, 15) is 18.7 Å². The van der Waals surface area contributed by atoms with E-state index in [2.05, 4.69) is 16.0 Å². The Bertz CT molecular complexity index is 1530. The molecule has 2 aromatic heterocycles. The van der Waals surface area contributed by atoms with Crippen molar-refractivity contribution < 1.29 is 13.4 Å². The van der Waals surface area contributed by atoms with Crippen molar-refractivity contribution in [1.29, 1.82) is 10.0 Å². The van der Waals surface area contributed by atoms with Gasteiger partial charge in [0.1, 0.15) is 5.78 Å². The molecule has 8 nitrogen and oxygen atoms in total. The van der Waals surface area contributed by atoms with Gasteiger partial charge in [-0.1, -0.05) is 25.0 Å². The lowest BCUT2D eigenvalue weighted by atomic mass is 9.72. The van der Waals surface area contributed by atoms with Gasteiger partial charge in [-0.3, -0.25) is 9.57 Å². The first kappa shape index (κ1) is 28.0. The Balaban J connectivity index is 1.57. The molecule has 1 aliphatic heterocycles. The number of rotatable bonds is 7. The number of halogens is 1. The van der Waals surface area contributed by atoms with E-state index in [4.69, 9.17) is 9.88 Å². The zero-order valence-corrected chi connectivity index (χ0v) is 23.8. The molecular weight excluding hydrogens is 527 g/mol. The van der Waals surface area contributed by atoms with E-state index in [1.807, 2.05) is 31.2 Å². The zero-order chi connectivity index (χ0) is 28.4. The van der Waals surface area contributed by atoms with Gasteiger partial charge in [0.05, 0.1) is 23.4 Å². The second-order valence-corrected chi connectivity index (χ2v) is 13.5. The third-order valence-corrected chi connectivity index (χ3v) is 9.93. The molecule has 1 saturated heterocycles. The van der Waals surface area contributed by atoms with E-state index >= 15 is 0 Å². The summed E-state index contributed by atoms with van der Waals surface area (Å²) in [5, 5.41) is 14.2. The first-order chi connectivity index (χ1) is 19.2. The molecular formula is C30H35FN6O2S. The highest BCUT2D eigenvalue weighted by atomic mass is 32.2. The maximum Gasteiger partial charge on any atom is 0.189 e. The van der Waals surface area contributed by atoms with Crippen molar-refractivity contribution in [3.63, 3.8) is 0 Å². The van der Waals surface area contributed by atoms with Gasteiger partial charge in [0.2, 0.25) is 0 Å². The van der Waals surface area contributed by atoms with Gasteiger partial charge >= 0.3 is 0 Å². The predicted molar refractivity (Wildman–Crippen MR) is 153 cm³/mol. The largest absolute Gasteiger partial charge is 0.370 e. The van der Waals surface area contributed by atoms with Crippen molar-refractivity contribution in [2.45, 2.75) is 51.9 Å². The Morgan fingerprint density at radius 2 is 1.90 bits per heavy atom. The molecule has 10 heteroatoms. The van der Waals surface area contributed by atoms with Crippen LogP contribution in [0.1, 0.15) is 56.3 Å². The smallest absolute Gasteiger partial charge is 0.189 e. The number of nitrogens with zero attached hydrogens (tertiary/aromatic N) is 5. The van der Waals surface area contributed by atoms with Gasteiger partial charge in [-0.2, -0.15) is 10.4 Å². The molecule has 1 aromatic carbocycles. The van der Waals surface area contributed by atoms with Crippen molar-refractivity contribution in [3.05, 3.63) is 59.8 Å². The molecule has 1 saturated carbocycles. The number of nitriles is 1.